The van der Waals surface area contributed by atoms with Gasteiger partial charge in [0.1, 0.15) is 5.75 Å². The van der Waals surface area contributed by atoms with E-state index in [9.17, 15) is 24.5 Å². The highest BCUT2D eigenvalue weighted by atomic mass is 16.6. The number of rotatable bonds is 9. The topological polar surface area (TPSA) is 131 Å². The lowest BCUT2D eigenvalue weighted by molar-refractivity contribution is -0.384. The van der Waals surface area contributed by atoms with Crippen LogP contribution in [0.5, 0.6) is 5.75 Å². The molecule has 1 aliphatic heterocycles. The molecular weight excluding hydrogens is 584 g/mol. The molecule has 8 rings (SSSR count). The normalized spacial score (nSPS) is 22.4. The summed E-state index contributed by atoms with van der Waals surface area (Å²) in [6.07, 6.45) is 2.42. The molecule has 1 N–H and O–H groups in total. The summed E-state index contributed by atoms with van der Waals surface area (Å²) >= 11 is 0. The summed E-state index contributed by atoms with van der Waals surface area (Å²) in [4.78, 5) is 53.6. The second-order valence-corrected chi connectivity index (χ2v) is 11.8. The van der Waals surface area contributed by atoms with Gasteiger partial charge in [-0.05, 0) is 58.5 Å². The van der Waals surface area contributed by atoms with Gasteiger partial charge in [0.15, 0.2) is 0 Å². The Morgan fingerprint density at radius 3 is 2.17 bits per heavy atom. The third kappa shape index (κ3) is 4.48. The molecule has 46 heavy (non-hydrogen) atoms. The molecule has 230 valence electrons. The molecule has 10 heteroatoms. The fourth-order valence-corrected chi connectivity index (χ4v) is 7.38. The zero-order valence-corrected chi connectivity index (χ0v) is 25.0. The average Bonchev–Trinajstić information content (AvgIpc) is 3.34. The molecule has 1 fully saturated rings. The molecule has 2 atom stereocenters. The summed E-state index contributed by atoms with van der Waals surface area (Å²) in [6.45, 7) is 2.58. The van der Waals surface area contributed by atoms with Crippen molar-refractivity contribution in [3.8, 4) is 5.75 Å². The quantitative estimate of drug-likeness (QED) is 0.118. The number of carbonyl (C=O) groups excluding carboxylic acids is 3. The fraction of sp³-hybridized carbons (Fsp3) is 0.222. The van der Waals surface area contributed by atoms with Crippen molar-refractivity contribution in [1.82, 2.24) is 5.43 Å². The average molecular weight is 615 g/mol. The van der Waals surface area contributed by atoms with Crippen molar-refractivity contribution in [2.45, 2.75) is 31.1 Å². The molecule has 3 amide bonds. The molecule has 1 saturated heterocycles. The number of ether oxygens (including phenoxy) is 1. The smallest absolute Gasteiger partial charge is 0.269 e. The Morgan fingerprint density at radius 2 is 1.57 bits per heavy atom. The summed E-state index contributed by atoms with van der Waals surface area (Å²) in [5.74, 6) is -2.14. The number of imide groups is 1. The van der Waals surface area contributed by atoms with Crippen LogP contribution in [-0.4, -0.2) is 35.5 Å². The first-order valence-electron chi connectivity index (χ1n) is 15.2. The first kappa shape index (κ1) is 29.1. The summed E-state index contributed by atoms with van der Waals surface area (Å²) < 4.78 is 5.71. The van der Waals surface area contributed by atoms with Crippen LogP contribution in [0.25, 0.3) is 0 Å². The van der Waals surface area contributed by atoms with E-state index in [1.165, 1.54) is 29.2 Å². The van der Waals surface area contributed by atoms with E-state index in [0.717, 1.165) is 28.7 Å². The number of hydrogen-bond acceptors (Lipinski definition) is 7. The van der Waals surface area contributed by atoms with Crippen molar-refractivity contribution in [3.05, 3.63) is 135 Å². The number of benzene rings is 4. The highest BCUT2D eigenvalue weighted by Gasteiger charge is 2.68. The number of amides is 3. The van der Waals surface area contributed by atoms with E-state index >= 15 is 0 Å². The largest absolute Gasteiger partial charge is 0.494 e. The number of nitrogens with one attached hydrogen (secondary N) is 1. The van der Waals surface area contributed by atoms with E-state index < -0.39 is 28.1 Å². The van der Waals surface area contributed by atoms with Crippen molar-refractivity contribution in [2.75, 3.05) is 11.5 Å². The van der Waals surface area contributed by atoms with Gasteiger partial charge in [-0.15, -0.1) is 0 Å². The Labute approximate surface area is 264 Å². The molecule has 3 aliphatic carbocycles. The van der Waals surface area contributed by atoms with E-state index in [4.69, 9.17) is 4.74 Å². The van der Waals surface area contributed by atoms with Gasteiger partial charge in [0.05, 0.1) is 40.9 Å². The number of hydrogen-bond donors (Lipinski definition) is 1. The van der Waals surface area contributed by atoms with Gasteiger partial charge in [0.2, 0.25) is 17.7 Å². The van der Waals surface area contributed by atoms with Crippen LogP contribution in [0.15, 0.2) is 102 Å². The highest BCUT2D eigenvalue weighted by Crippen LogP contribution is 2.63. The van der Waals surface area contributed by atoms with Crippen LogP contribution in [0.2, 0.25) is 0 Å². The SMILES string of the molecule is CCCOc1ccc(N2C(=O)C3C4c5ccccc5C(/C=N/NC(=O)Cc5ccc([N+](=O)[O-])cc5)(c5ccccc54)C3C2=O)cc1. The first-order chi connectivity index (χ1) is 22.3. The molecule has 4 aromatic carbocycles. The maximum atomic E-state index is 14.5. The van der Waals surface area contributed by atoms with Crippen LogP contribution in [0.4, 0.5) is 11.4 Å². The molecule has 4 aliphatic rings. The number of hydrazone groups is 1. The number of carbonyl (C=O) groups is 3. The van der Waals surface area contributed by atoms with Gasteiger partial charge in [0.25, 0.3) is 5.69 Å². The van der Waals surface area contributed by atoms with Crippen LogP contribution in [-0.2, 0) is 26.2 Å². The maximum Gasteiger partial charge on any atom is 0.269 e. The molecule has 1 heterocycles. The van der Waals surface area contributed by atoms with E-state index in [2.05, 4.69) is 10.5 Å². The number of anilines is 1. The predicted molar refractivity (Wildman–Crippen MR) is 171 cm³/mol. The lowest BCUT2D eigenvalue weighted by Crippen LogP contribution is -2.54. The van der Waals surface area contributed by atoms with Crippen LogP contribution < -0.4 is 15.1 Å². The molecule has 0 radical (unpaired) electrons. The van der Waals surface area contributed by atoms with Gasteiger partial charge >= 0.3 is 0 Å². The fourth-order valence-electron chi connectivity index (χ4n) is 7.38. The Bertz CT molecular complexity index is 1860. The van der Waals surface area contributed by atoms with E-state index in [0.29, 0.717) is 23.6 Å². The van der Waals surface area contributed by atoms with Crippen LogP contribution >= 0.6 is 0 Å². The zero-order valence-electron chi connectivity index (χ0n) is 25.0. The summed E-state index contributed by atoms with van der Waals surface area (Å²) in [5, 5.41) is 15.4. The minimum atomic E-state index is -1.13. The molecule has 2 bridgehead atoms. The highest BCUT2D eigenvalue weighted by molar-refractivity contribution is 6.25. The van der Waals surface area contributed by atoms with E-state index in [1.54, 1.807) is 30.5 Å². The number of non-ortho nitro benzene ring substituents is 1. The van der Waals surface area contributed by atoms with Gasteiger partial charge < -0.3 is 4.74 Å². The van der Waals surface area contributed by atoms with Crippen molar-refractivity contribution >= 4 is 35.3 Å². The Balaban J connectivity index is 1.27. The van der Waals surface area contributed by atoms with Crippen LogP contribution in [0.1, 0.15) is 47.1 Å². The molecule has 0 spiro atoms. The number of nitrogens with zero attached hydrogens (tertiary/aromatic N) is 3. The Morgan fingerprint density at radius 1 is 0.935 bits per heavy atom. The molecule has 4 aromatic rings. The monoisotopic (exact) mass is 614 g/mol. The third-order valence-corrected chi connectivity index (χ3v) is 9.22. The van der Waals surface area contributed by atoms with E-state index in [-0.39, 0.29) is 29.8 Å². The number of nitro benzene ring substituents is 1. The number of nitro groups is 1. The first-order valence-corrected chi connectivity index (χ1v) is 15.2. The lowest BCUT2D eigenvalue weighted by atomic mass is 9.47. The van der Waals surface area contributed by atoms with Crippen molar-refractivity contribution in [2.24, 2.45) is 16.9 Å². The standard InChI is InChI=1S/C36H30N4O6/c1-2-19-46-25-17-15-23(16-18-25)39-34(42)32-31-26-7-3-5-9-28(26)36(33(32)35(39)43,29-10-6-4-8-27(29)31)21-37-38-30(41)20-22-11-13-24(14-12-22)40(44)45/h3-18,21,31-33H,2,19-20H2,1H3,(H,38,41)/b37-21+. The lowest BCUT2D eigenvalue weighted by Gasteiger charge is -2.52. The molecule has 0 aromatic heterocycles. The summed E-state index contributed by atoms with van der Waals surface area (Å²) in [5.41, 5.74) is 6.13. The van der Waals surface area contributed by atoms with Gasteiger partial charge in [-0.3, -0.25) is 24.5 Å². The molecular formula is C36H30N4O6. The second-order valence-electron chi connectivity index (χ2n) is 11.8. The Hall–Kier alpha value is -5.64. The van der Waals surface area contributed by atoms with Gasteiger partial charge in [-0.2, -0.15) is 5.10 Å². The maximum absolute atomic E-state index is 14.5. The summed E-state index contributed by atoms with van der Waals surface area (Å²) in [7, 11) is 0. The van der Waals surface area contributed by atoms with Crippen molar-refractivity contribution in [3.63, 3.8) is 0 Å². The van der Waals surface area contributed by atoms with Crippen LogP contribution in [0.3, 0.4) is 0 Å². The zero-order chi connectivity index (χ0) is 32.0. The molecule has 0 saturated carbocycles. The second kappa shape index (κ2) is 11.4. The summed E-state index contributed by atoms with van der Waals surface area (Å²) in [6, 6.07) is 28.4. The van der Waals surface area contributed by atoms with Crippen molar-refractivity contribution < 1.29 is 24.0 Å². The minimum absolute atomic E-state index is 0.0488. The van der Waals surface area contributed by atoms with Gasteiger partial charge in [-0.1, -0.05) is 67.6 Å². The van der Waals surface area contributed by atoms with Gasteiger partial charge in [0, 0.05) is 24.3 Å². The predicted octanol–water partition coefficient (Wildman–Crippen LogP) is 5.28. The molecule has 2 unspecified atom stereocenters. The Kier molecular flexibility index (Phi) is 7.19. The van der Waals surface area contributed by atoms with E-state index in [1.807, 2.05) is 55.5 Å². The van der Waals surface area contributed by atoms with Gasteiger partial charge in [-0.25, -0.2) is 10.3 Å². The molecule has 10 nitrogen and oxygen atoms in total. The third-order valence-electron chi connectivity index (χ3n) is 9.22. The van der Waals surface area contributed by atoms with Crippen LogP contribution in [0, 0.1) is 22.0 Å². The van der Waals surface area contributed by atoms with Crippen molar-refractivity contribution in [1.29, 1.82) is 0 Å². The minimum Gasteiger partial charge on any atom is -0.494 e.